The van der Waals surface area contributed by atoms with Gasteiger partial charge in [-0.1, -0.05) is 57.5 Å². The lowest BCUT2D eigenvalue weighted by atomic mass is 9.70. The maximum atomic E-state index is 15.7. The molecular weight excluding hydrogens is 793 g/mol. The molecule has 0 spiro atoms. The van der Waals surface area contributed by atoms with E-state index in [1.54, 1.807) is 12.3 Å². The van der Waals surface area contributed by atoms with Crippen LogP contribution in [0, 0.1) is 23.0 Å². The van der Waals surface area contributed by atoms with Gasteiger partial charge in [0.2, 0.25) is 11.8 Å². The molecule has 1 fully saturated rings. The molecule has 1 aliphatic rings. The third-order valence-electron chi connectivity index (χ3n) is 9.63. The smallest absolute Gasteiger partial charge is 0.352 e. The quantitative estimate of drug-likeness (QED) is 0.0527. The molecule has 0 bridgehead atoms. The van der Waals surface area contributed by atoms with Crippen LogP contribution >= 0.6 is 11.8 Å². The zero-order valence-electron chi connectivity index (χ0n) is 32.4. The van der Waals surface area contributed by atoms with Crippen LogP contribution in [0.3, 0.4) is 0 Å². The highest BCUT2D eigenvalue weighted by Crippen LogP contribution is 2.44. The number of nitrogens with two attached hydrogens (primary N) is 1. The van der Waals surface area contributed by atoms with Crippen molar-refractivity contribution in [2.75, 3.05) is 31.1 Å². The number of alkyl halides is 4. The van der Waals surface area contributed by atoms with E-state index < -0.39 is 77.1 Å². The minimum absolute atomic E-state index is 0.0208. The van der Waals surface area contributed by atoms with Crippen molar-refractivity contribution in [2.45, 2.75) is 83.3 Å². The van der Waals surface area contributed by atoms with Crippen LogP contribution in [-0.4, -0.2) is 83.9 Å². The minimum Gasteiger partial charge on any atom is -0.352 e. The highest BCUT2D eigenvalue weighted by molar-refractivity contribution is 8.00. The molecule has 1 saturated heterocycles. The Bertz CT molecular complexity index is 1860. The number of carbonyl (C=O) groups excluding carboxylic acids is 4. The summed E-state index contributed by atoms with van der Waals surface area (Å²) in [6.07, 6.45) is -3.54. The van der Waals surface area contributed by atoms with E-state index in [1.807, 2.05) is 55.7 Å². The van der Waals surface area contributed by atoms with E-state index in [0.29, 0.717) is 43.6 Å². The zero-order chi connectivity index (χ0) is 42.6. The highest BCUT2D eigenvalue weighted by atomic mass is 32.2. The van der Waals surface area contributed by atoms with E-state index in [9.17, 15) is 36.7 Å². The van der Waals surface area contributed by atoms with Crippen LogP contribution in [0.25, 0.3) is 11.1 Å². The number of carbonyl (C=O) groups is 4. The van der Waals surface area contributed by atoms with Gasteiger partial charge in [-0.15, -0.1) is 11.8 Å². The molecule has 0 saturated carbocycles. The second-order valence-electron chi connectivity index (χ2n) is 15.2. The van der Waals surface area contributed by atoms with E-state index in [4.69, 9.17) is 5.73 Å². The van der Waals surface area contributed by atoms with Crippen molar-refractivity contribution in [3.63, 3.8) is 0 Å². The monoisotopic (exact) mass is 841 g/mol. The Kier molecular flexibility index (Phi) is 16.7. The Labute approximate surface area is 337 Å². The van der Waals surface area contributed by atoms with Crippen LogP contribution in [0.5, 0.6) is 0 Å². The molecule has 58 heavy (non-hydrogen) atoms. The van der Waals surface area contributed by atoms with Crippen molar-refractivity contribution in [1.82, 2.24) is 20.5 Å². The fraction of sp³-hybridized carbons (Fsp3) is 0.500. The van der Waals surface area contributed by atoms with Crippen molar-refractivity contribution in [3.05, 3.63) is 83.7 Å². The zero-order valence-corrected chi connectivity index (χ0v) is 33.2. The predicted molar refractivity (Wildman–Crippen MR) is 206 cm³/mol. The van der Waals surface area contributed by atoms with Crippen molar-refractivity contribution >= 4 is 35.5 Å². The Balaban J connectivity index is 1.61. The Morgan fingerprint density at radius 1 is 0.948 bits per heavy atom. The number of amides is 2. The van der Waals surface area contributed by atoms with Crippen LogP contribution in [0.1, 0.15) is 63.6 Å². The van der Waals surface area contributed by atoms with Gasteiger partial charge < -0.3 is 26.3 Å². The lowest BCUT2D eigenvalue weighted by molar-refractivity contribution is -0.286. The van der Waals surface area contributed by atoms with E-state index in [-0.39, 0.29) is 36.6 Å². The van der Waals surface area contributed by atoms with Crippen molar-refractivity contribution in [2.24, 2.45) is 17.1 Å². The molecule has 0 radical (unpaired) electrons. The van der Waals surface area contributed by atoms with E-state index in [2.05, 4.69) is 25.7 Å². The molecule has 4 rings (SSSR count). The standard InChI is InChI=1S/C40H49F6N5O6S/c1-39(2,3)35(32-16-25(27-17-26(41)13-14-29(27)42)21-51(32)20-24-10-6-4-7-11-24)36(28-18-48-19-30(28)43)50-34(53)23-58-22-31(49-33(52)12-8-5-9-15-47)37(54)56-57-38(55)40(44,45)46/h4,6-7,10-11,13-14,16-17,21,28,30-31,35-36,48H,5,8-9,12,15,18-20,22-23,47H2,1-3H3,(H,49,52)(H,50,53)/t28-,30+,31?,35+,36?/m1/s1. The molecule has 18 heteroatoms. The van der Waals surface area contributed by atoms with Crippen LogP contribution in [0.2, 0.25) is 0 Å². The SMILES string of the molecule is CC(C)(C)[C@@H](c1cc(-c2cc(F)ccc2F)cn1Cc1ccccc1)C(NC(=O)CSCC(NC(=O)CCCCCN)C(=O)OOC(=O)C(F)(F)F)[C@@H]1CNC[C@@H]1F. The second-order valence-corrected chi connectivity index (χ2v) is 16.2. The summed E-state index contributed by atoms with van der Waals surface area (Å²) in [6.45, 7) is 6.71. The number of hydrogen-bond donors (Lipinski definition) is 4. The average Bonchev–Trinajstić information content (AvgIpc) is 3.77. The van der Waals surface area contributed by atoms with Crippen LogP contribution in [-0.2, 0) is 35.5 Å². The number of thioether (sulfide) groups is 1. The first-order valence-electron chi connectivity index (χ1n) is 18.8. The van der Waals surface area contributed by atoms with E-state index >= 15 is 8.78 Å². The lowest BCUT2D eigenvalue weighted by Gasteiger charge is -2.41. The fourth-order valence-corrected chi connectivity index (χ4v) is 7.76. The minimum atomic E-state index is -5.45. The topological polar surface area (TPSA) is 154 Å². The summed E-state index contributed by atoms with van der Waals surface area (Å²) in [5.74, 6) is -8.90. The summed E-state index contributed by atoms with van der Waals surface area (Å²) in [7, 11) is 0. The highest BCUT2D eigenvalue weighted by Gasteiger charge is 2.46. The summed E-state index contributed by atoms with van der Waals surface area (Å²) in [6, 6.07) is 11.8. The fourth-order valence-electron chi connectivity index (χ4n) is 6.92. The molecule has 2 aromatic carbocycles. The maximum absolute atomic E-state index is 15.7. The number of nitrogens with zero attached hydrogens (tertiary/aromatic N) is 1. The second kappa shape index (κ2) is 20.9. The Morgan fingerprint density at radius 2 is 1.67 bits per heavy atom. The molecule has 318 valence electrons. The summed E-state index contributed by atoms with van der Waals surface area (Å²) in [5.41, 5.74) is 6.71. The summed E-state index contributed by atoms with van der Waals surface area (Å²) in [4.78, 5) is 58.0. The van der Waals surface area contributed by atoms with Gasteiger partial charge in [0.15, 0.2) is 0 Å². The van der Waals surface area contributed by atoms with Crippen LogP contribution in [0.15, 0.2) is 60.8 Å². The third kappa shape index (κ3) is 13.2. The van der Waals surface area contributed by atoms with Crippen LogP contribution in [0.4, 0.5) is 26.3 Å². The summed E-state index contributed by atoms with van der Waals surface area (Å²) in [5, 5.41) is 8.39. The summed E-state index contributed by atoms with van der Waals surface area (Å²) < 4.78 is 85.2. The van der Waals surface area contributed by atoms with Gasteiger partial charge >= 0.3 is 18.1 Å². The number of nitrogens with one attached hydrogen (secondary N) is 3. The van der Waals surface area contributed by atoms with Crippen molar-refractivity contribution in [1.29, 1.82) is 0 Å². The number of aromatic nitrogens is 1. The molecule has 2 amide bonds. The van der Waals surface area contributed by atoms with Crippen molar-refractivity contribution < 1.29 is 55.3 Å². The number of halogens is 6. The molecule has 2 heterocycles. The van der Waals surface area contributed by atoms with Gasteiger partial charge in [-0.25, -0.2) is 32.5 Å². The maximum Gasteiger partial charge on any atom is 0.495 e. The van der Waals surface area contributed by atoms with E-state index in [1.165, 1.54) is 0 Å². The molecule has 5 atom stereocenters. The molecule has 0 aliphatic carbocycles. The first-order chi connectivity index (χ1) is 27.4. The number of rotatable bonds is 18. The van der Waals surface area contributed by atoms with Gasteiger partial charge in [0.05, 0.1) is 5.75 Å². The molecule has 1 aromatic heterocycles. The molecular formula is C40H49F6N5O6S. The lowest BCUT2D eigenvalue weighted by Crippen LogP contribution is -2.51. The van der Waals surface area contributed by atoms with Gasteiger partial charge in [-0.2, -0.15) is 13.2 Å². The Hall–Kier alpha value is -4.55. The average molecular weight is 842 g/mol. The Morgan fingerprint density at radius 3 is 2.31 bits per heavy atom. The third-order valence-corrected chi connectivity index (χ3v) is 10.7. The van der Waals surface area contributed by atoms with Crippen LogP contribution < -0.4 is 21.7 Å². The first kappa shape index (κ1) is 46.1. The van der Waals surface area contributed by atoms with Gasteiger partial charge in [0.25, 0.3) is 0 Å². The predicted octanol–water partition coefficient (Wildman–Crippen LogP) is 5.95. The largest absolute Gasteiger partial charge is 0.495 e. The van der Waals surface area contributed by atoms with Gasteiger partial charge in [0.1, 0.15) is 23.8 Å². The normalized spacial score (nSPS) is 17.3. The van der Waals surface area contributed by atoms with Gasteiger partial charge in [-0.3, -0.25) is 9.59 Å². The molecule has 3 aromatic rings. The molecule has 11 nitrogen and oxygen atoms in total. The molecule has 2 unspecified atom stereocenters. The van der Waals surface area contributed by atoms with Gasteiger partial charge in [-0.05, 0) is 54.6 Å². The van der Waals surface area contributed by atoms with Crippen molar-refractivity contribution in [3.8, 4) is 11.1 Å². The molecule has 5 N–H and O–H groups in total. The number of unbranched alkanes of at least 4 members (excludes halogenated alkanes) is 2. The number of hydrogen-bond acceptors (Lipinski definition) is 9. The summed E-state index contributed by atoms with van der Waals surface area (Å²) >= 11 is 0.823. The van der Waals surface area contributed by atoms with E-state index in [0.717, 1.165) is 35.5 Å². The first-order valence-corrected chi connectivity index (χ1v) is 19.9. The number of benzene rings is 2. The molecule has 1 aliphatic heterocycles. The van der Waals surface area contributed by atoms with Gasteiger partial charge in [0, 0.05) is 72.7 Å².